The normalized spacial score (nSPS) is 24.9. The predicted molar refractivity (Wildman–Crippen MR) is 233 cm³/mol. The summed E-state index contributed by atoms with van der Waals surface area (Å²) >= 11 is 0. The van der Waals surface area contributed by atoms with Gasteiger partial charge in [0, 0.05) is 92.8 Å². The third-order valence-electron chi connectivity index (χ3n) is 13.3. The van der Waals surface area contributed by atoms with Gasteiger partial charge in [-0.1, -0.05) is 27.7 Å². The summed E-state index contributed by atoms with van der Waals surface area (Å²) < 4.78 is 39.4. The first-order valence-electron chi connectivity index (χ1n) is 21.8. The molecule has 2 saturated carbocycles. The van der Waals surface area contributed by atoms with Crippen LogP contribution in [-0.4, -0.2) is 111 Å². The van der Waals surface area contributed by atoms with Crippen molar-refractivity contribution < 1.29 is 42.5 Å². The van der Waals surface area contributed by atoms with E-state index in [4.69, 9.17) is 18.9 Å². The predicted octanol–water partition coefficient (Wildman–Crippen LogP) is 5.22. The second kappa shape index (κ2) is 18.7. The Hall–Kier alpha value is -5.56. The summed E-state index contributed by atoms with van der Waals surface area (Å²) in [6, 6.07) is 17.1. The Morgan fingerprint density at radius 2 is 1.67 bits per heavy atom. The molecule has 0 spiro atoms. The number of nitrogens with one attached hydrogen (secondary N) is 3. The molecule has 7 rings (SSSR count). The van der Waals surface area contributed by atoms with Gasteiger partial charge in [0.15, 0.2) is 0 Å². The number of morpholine rings is 1. The standard InChI is InChI=1S/C48H59FN6O8/c1-28-20-34(21-29(2)38(28)25-50)63-46-47(3,4)45(48(46,5)6)53-42(57)30-8-10-31(11-9-30)54-17-19-61-36(26-54)27-55(16-18-60-7)32-22-35(23-32)62-33-12-13-37(39(49)24-33)43(58)51-40-14-15-41(56)52-44(40)59/h8-13,20-21,24,32,35-36,40,45-46H,14-19,22-23,26-27H2,1-7H3,(H,51,58)(H,53,57)(H,52,56,59)/t32-,35-,36-,40-,45-,46+/m1/s1. The van der Waals surface area contributed by atoms with Crippen molar-refractivity contribution >= 4 is 29.3 Å². The number of rotatable bonds is 15. The number of piperidine rings is 1. The fourth-order valence-electron chi connectivity index (χ4n) is 10.0. The number of methoxy groups -OCH3 is 1. The van der Waals surface area contributed by atoms with Crippen LogP contribution in [0.4, 0.5) is 10.1 Å². The number of amides is 4. The molecule has 0 unspecified atom stereocenters. The van der Waals surface area contributed by atoms with E-state index in [0.29, 0.717) is 49.7 Å². The lowest BCUT2D eigenvalue weighted by Crippen LogP contribution is -2.74. The number of benzene rings is 3. The smallest absolute Gasteiger partial charge is 0.254 e. The molecular weight excluding hydrogens is 808 g/mol. The minimum atomic E-state index is -0.903. The summed E-state index contributed by atoms with van der Waals surface area (Å²) in [5, 5.41) is 17.5. The first-order chi connectivity index (χ1) is 30.0. The van der Waals surface area contributed by atoms with Gasteiger partial charge in [0.25, 0.3) is 11.8 Å². The van der Waals surface area contributed by atoms with Gasteiger partial charge in [-0.05, 0) is 79.9 Å². The number of carbonyl (C=O) groups is 4. The Balaban J connectivity index is 0.895. The van der Waals surface area contributed by atoms with Crippen LogP contribution in [0.1, 0.15) is 90.8 Å². The van der Waals surface area contributed by atoms with Gasteiger partial charge in [-0.2, -0.15) is 5.26 Å². The van der Waals surface area contributed by atoms with Gasteiger partial charge >= 0.3 is 0 Å². The minimum absolute atomic E-state index is 0.0677. The molecule has 14 nitrogen and oxygen atoms in total. The van der Waals surface area contributed by atoms with Crippen LogP contribution in [0.2, 0.25) is 0 Å². The highest BCUT2D eigenvalue weighted by Gasteiger charge is 2.64. The second-order valence-corrected chi connectivity index (χ2v) is 18.5. The highest BCUT2D eigenvalue weighted by Crippen LogP contribution is 2.55. The molecule has 2 aliphatic carbocycles. The average Bonchev–Trinajstić information content (AvgIpc) is 3.22. The van der Waals surface area contributed by atoms with E-state index >= 15 is 4.39 Å². The topological polar surface area (TPSA) is 172 Å². The molecule has 3 aromatic rings. The SMILES string of the molecule is COCCN(C[C@H]1CN(c2ccc(C(=O)N[C@H]3C(C)(C)[C@@H](Oc4cc(C)c(C#N)c(C)c4)C3(C)C)cc2)CCO1)[C@H]1C[C@H](Oc2ccc(C(=O)N[C@@H]3CCC(=O)NC3=O)c(F)c2)C1. The van der Waals surface area contributed by atoms with Crippen molar-refractivity contribution in [1.82, 2.24) is 20.9 Å². The molecular formula is C48H59FN6O8. The fraction of sp³-hybridized carbons (Fsp3) is 0.521. The fourth-order valence-corrected chi connectivity index (χ4v) is 10.0. The summed E-state index contributed by atoms with van der Waals surface area (Å²) in [4.78, 5) is 54.5. The van der Waals surface area contributed by atoms with E-state index in [1.165, 1.54) is 12.1 Å². The third kappa shape index (κ3) is 9.83. The van der Waals surface area contributed by atoms with E-state index in [0.717, 1.165) is 42.0 Å². The Kier molecular flexibility index (Phi) is 13.5. The van der Waals surface area contributed by atoms with Crippen LogP contribution in [0.3, 0.4) is 0 Å². The van der Waals surface area contributed by atoms with Crippen molar-refractivity contribution in [1.29, 1.82) is 5.26 Å². The maximum absolute atomic E-state index is 15.1. The molecule has 4 fully saturated rings. The van der Waals surface area contributed by atoms with Crippen molar-refractivity contribution in [3.8, 4) is 17.6 Å². The monoisotopic (exact) mass is 866 g/mol. The molecule has 4 aliphatic rings. The number of halogens is 1. The Morgan fingerprint density at radius 1 is 0.968 bits per heavy atom. The van der Waals surface area contributed by atoms with Crippen LogP contribution in [0.5, 0.6) is 11.5 Å². The van der Waals surface area contributed by atoms with Gasteiger partial charge in [0.05, 0.1) is 36.5 Å². The Bertz CT molecular complexity index is 2210. The Labute approximate surface area is 368 Å². The zero-order chi connectivity index (χ0) is 45.2. The van der Waals surface area contributed by atoms with Gasteiger partial charge in [-0.25, -0.2) is 4.39 Å². The van der Waals surface area contributed by atoms with Gasteiger partial charge in [0.2, 0.25) is 11.8 Å². The number of anilines is 1. The third-order valence-corrected chi connectivity index (χ3v) is 13.3. The summed E-state index contributed by atoms with van der Waals surface area (Å²) in [7, 11) is 1.68. The van der Waals surface area contributed by atoms with E-state index < -0.39 is 29.6 Å². The maximum Gasteiger partial charge on any atom is 0.254 e. The van der Waals surface area contributed by atoms with Gasteiger partial charge in [0.1, 0.15) is 35.6 Å². The Morgan fingerprint density at radius 3 is 2.30 bits per heavy atom. The molecule has 63 heavy (non-hydrogen) atoms. The van der Waals surface area contributed by atoms with Gasteiger partial charge in [-0.3, -0.25) is 29.4 Å². The first-order valence-corrected chi connectivity index (χ1v) is 21.8. The van der Waals surface area contributed by atoms with E-state index in [9.17, 15) is 24.4 Å². The van der Waals surface area contributed by atoms with Crippen LogP contribution in [-0.2, 0) is 19.1 Å². The van der Waals surface area contributed by atoms with Crippen LogP contribution >= 0.6 is 0 Å². The molecule has 2 heterocycles. The molecule has 2 aliphatic heterocycles. The number of nitrogens with zero attached hydrogens (tertiary/aromatic N) is 3. The molecule has 2 saturated heterocycles. The number of carbonyl (C=O) groups excluding carboxylic acids is 4. The minimum Gasteiger partial charge on any atom is -0.490 e. The maximum atomic E-state index is 15.1. The van der Waals surface area contributed by atoms with Crippen LogP contribution < -0.4 is 30.3 Å². The zero-order valence-corrected chi connectivity index (χ0v) is 37.2. The van der Waals surface area contributed by atoms with Crippen molar-refractivity contribution in [3.05, 3.63) is 88.2 Å². The molecule has 15 heteroatoms. The highest BCUT2D eigenvalue weighted by molar-refractivity contribution is 6.03. The van der Waals surface area contributed by atoms with Crippen LogP contribution in [0.15, 0.2) is 54.6 Å². The lowest BCUT2D eigenvalue weighted by atomic mass is 9.49. The van der Waals surface area contributed by atoms with Gasteiger partial charge < -0.3 is 34.5 Å². The summed E-state index contributed by atoms with van der Waals surface area (Å²) in [6.45, 7) is 16.2. The summed E-state index contributed by atoms with van der Waals surface area (Å²) in [6.07, 6.45) is 1.35. The molecule has 3 N–H and O–H groups in total. The van der Waals surface area contributed by atoms with Crippen LogP contribution in [0, 0.1) is 41.8 Å². The summed E-state index contributed by atoms with van der Waals surface area (Å²) in [5.41, 5.74) is 3.11. The number of ether oxygens (including phenoxy) is 4. The number of aryl methyl sites for hydroxylation is 2. The van der Waals surface area contributed by atoms with E-state index in [1.807, 2.05) is 50.2 Å². The van der Waals surface area contributed by atoms with E-state index in [1.54, 1.807) is 13.2 Å². The molecule has 3 aromatic carbocycles. The zero-order valence-electron chi connectivity index (χ0n) is 37.2. The molecule has 336 valence electrons. The molecule has 0 aromatic heterocycles. The first kappa shape index (κ1) is 45.5. The average molecular weight is 867 g/mol. The molecule has 4 amide bonds. The second-order valence-electron chi connectivity index (χ2n) is 18.5. The summed E-state index contributed by atoms with van der Waals surface area (Å²) in [5.74, 6) is -1.60. The molecule has 0 bridgehead atoms. The number of imide groups is 1. The lowest BCUT2D eigenvalue weighted by Gasteiger charge is -2.63. The van der Waals surface area contributed by atoms with E-state index in [-0.39, 0.29) is 65.5 Å². The van der Waals surface area contributed by atoms with Gasteiger partial charge in [-0.15, -0.1) is 0 Å². The quantitative estimate of drug-likeness (QED) is 0.171. The number of nitriles is 1. The largest absolute Gasteiger partial charge is 0.490 e. The number of hydrogen-bond donors (Lipinski definition) is 3. The molecule has 0 radical (unpaired) electrons. The molecule has 2 atom stereocenters. The van der Waals surface area contributed by atoms with E-state index in [2.05, 4.69) is 59.5 Å². The van der Waals surface area contributed by atoms with Crippen molar-refractivity contribution in [3.63, 3.8) is 0 Å². The highest BCUT2D eigenvalue weighted by atomic mass is 19.1. The van der Waals surface area contributed by atoms with Crippen molar-refractivity contribution in [2.24, 2.45) is 10.8 Å². The van der Waals surface area contributed by atoms with Crippen LogP contribution in [0.25, 0.3) is 0 Å². The number of hydrogen-bond acceptors (Lipinski definition) is 11. The lowest BCUT2D eigenvalue weighted by molar-refractivity contribution is -0.164. The van der Waals surface area contributed by atoms with Crippen molar-refractivity contribution in [2.45, 2.75) is 104 Å². The van der Waals surface area contributed by atoms with Crippen molar-refractivity contribution in [2.75, 3.05) is 51.4 Å².